The summed E-state index contributed by atoms with van der Waals surface area (Å²) in [6, 6.07) is 5.52. The van der Waals surface area contributed by atoms with Gasteiger partial charge in [0.25, 0.3) is 0 Å². The Hall–Kier alpha value is -1.99. The molecule has 1 fully saturated rings. The van der Waals surface area contributed by atoms with E-state index in [-0.39, 0.29) is 0 Å². The van der Waals surface area contributed by atoms with Gasteiger partial charge in [-0.15, -0.1) is 0 Å². The van der Waals surface area contributed by atoms with Crippen LogP contribution in [0.15, 0.2) is 18.2 Å². The summed E-state index contributed by atoms with van der Waals surface area (Å²) >= 11 is 0. The smallest absolute Gasteiger partial charge is 0.408 e. The molecule has 0 radical (unpaired) electrons. The van der Waals surface area contributed by atoms with E-state index >= 15 is 0 Å². The molecule has 2 heterocycles. The summed E-state index contributed by atoms with van der Waals surface area (Å²) in [5.74, 6) is -0.387. The number of hydrogen-bond acceptors (Lipinski definition) is 6. The first-order chi connectivity index (χ1) is 12.5. The third-order valence-corrected chi connectivity index (χ3v) is 4.75. The molecule has 27 heavy (non-hydrogen) atoms. The monoisotopic (exact) mass is 378 g/mol. The van der Waals surface area contributed by atoms with Gasteiger partial charge in [-0.25, -0.2) is 4.79 Å². The molecule has 1 aromatic rings. The van der Waals surface area contributed by atoms with Crippen LogP contribution in [0.25, 0.3) is 0 Å². The van der Waals surface area contributed by atoms with Crippen molar-refractivity contribution in [2.24, 2.45) is 0 Å². The summed E-state index contributed by atoms with van der Waals surface area (Å²) in [4.78, 5) is 14.6. The van der Waals surface area contributed by atoms with Gasteiger partial charge in [-0.05, 0) is 53.2 Å². The Bertz CT molecular complexity index is 701. The fourth-order valence-corrected chi connectivity index (χ4v) is 3.44. The van der Waals surface area contributed by atoms with Gasteiger partial charge in [0, 0.05) is 24.3 Å². The lowest BCUT2D eigenvalue weighted by Crippen LogP contribution is -2.66. The summed E-state index contributed by atoms with van der Waals surface area (Å²) in [6.07, 6.45) is 0.266. The van der Waals surface area contributed by atoms with Crippen molar-refractivity contribution >= 4 is 11.8 Å². The van der Waals surface area contributed by atoms with Gasteiger partial charge in [0.15, 0.2) is 5.79 Å². The topological polar surface area (TPSA) is 80.3 Å². The first-order valence-corrected chi connectivity index (χ1v) is 9.34. The molecular formula is C20H30N2O5. The highest BCUT2D eigenvalue weighted by molar-refractivity contribution is 5.69. The second-order valence-corrected chi connectivity index (χ2v) is 8.83. The minimum Gasteiger partial charge on any atom is -0.508 e. The number of anilines is 1. The van der Waals surface area contributed by atoms with Gasteiger partial charge in [-0.2, -0.15) is 0 Å². The molecule has 3 rings (SSSR count). The average molecular weight is 378 g/mol. The number of fused-ring (bicyclic) bond motifs is 1. The highest BCUT2D eigenvalue weighted by Crippen LogP contribution is 2.36. The first-order valence-electron chi connectivity index (χ1n) is 9.34. The Labute approximate surface area is 160 Å². The summed E-state index contributed by atoms with van der Waals surface area (Å²) < 4.78 is 17.2. The molecule has 0 spiro atoms. The van der Waals surface area contributed by atoms with E-state index in [0.717, 1.165) is 24.2 Å². The van der Waals surface area contributed by atoms with Crippen molar-refractivity contribution in [2.45, 2.75) is 58.0 Å². The number of hydrogen-bond donors (Lipinski definition) is 2. The highest BCUT2D eigenvalue weighted by atomic mass is 16.7. The van der Waals surface area contributed by atoms with Gasteiger partial charge in [-0.3, -0.25) is 0 Å². The number of nitrogens with one attached hydrogen (secondary N) is 1. The molecule has 7 nitrogen and oxygen atoms in total. The van der Waals surface area contributed by atoms with Crippen LogP contribution in [0.3, 0.4) is 0 Å². The molecule has 1 saturated heterocycles. The third kappa shape index (κ3) is 4.65. The van der Waals surface area contributed by atoms with E-state index in [0.29, 0.717) is 25.5 Å². The highest BCUT2D eigenvalue weighted by Gasteiger charge is 2.44. The standard InChI is InChI=1S/C20H30N2O5/c1-18(2,3)27-17(24)21-20(12-25-19(4,5)26-13-20)11-22-10-9-14-15(22)7-6-8-16(14)23/h6-8,23H,9-13H2,1-5H3,(H,21,24). The lowest BCUT2D eigenvalue weighted by Gasteiger charge is -2.45. The SMILES string of the molecule is CC(C)(C)OC(=O)NC1(CN2CCc3c(O)cccc32)COC(C)(C)OC1. The molecule has 2 aliphatic rings. The third-order valence-electron chi connectivity index (χ3n) is 4.75. The maximum atomic E-state index is 12.5. The lowest BCUT2D eigenvalue weighted by atomic mass is 9.99. The fourth-order valence-electron chi connectivity index (χ4n) is 3.44. The molecule has 0 unspecified atom stereocenters. The largest absolute Gasteiger partial charge is 0.508 e. The molecule has 0 atom stereocenters. The van der Waals surface area contributed by atoms with Gasteiger partial charge in [0.1, 0.15) is 16.9 Å². The minimum atomic E-state index is -0.745. The zero-order chi connectivity index (χ0) is 19.9. The predicted octanol–water partition coefficient (Wildman–Crippen LogP) is 2.80. The summed E-state index contributed by atoms with van der Waals surface area (Å²) in [6.45, 7) is 11.1. The van der Waals surface area contributed by atoms with Gasteiger partial charge in [0.2, 0.25) is 0 Å². The number of carbonyl (C=O) groups is 1. The summed E-state index contributed by atoms with van der Waals surface area (Å²) in [5, 5.41) is 13.1. The second-order valence-electron chi connectivity index (χ2n) is 8.83. The van der Waals surface area contributed by atoms with Crippen molar-refractivity contribution in [3.63, 3.8) is 0 Å². The first kappa shape index (κ1) is 19.8. The van der Waals surface area contributed by atoms with Crippen molar-refractivity contribution in [2.75, 3.05) is 31.2 Å². The molecule has 2 aliphatic heterocycles. The van der Waals surface area contributed by atoms with Crippen LogP contribution >= 0.6 is 0 Å². The molecule has 2 N–H and O–H groups in total. The van der Waals surface area contributed by atoms with Gasteiger partial charge in [-0.1, -0.05) is 6.07 Å². The Balaban J connectivity index is 1.80. The zero-order valence-electron chi connectivity index (χ0n) is 16.8. The Kier molecular flexibility index (Phi) is 5.03. The predicted molar refractivity (Wildman–Crippen MR) is 102 cm³/mol. The van der Waals surface area contributed by atoms with Crippen molar-refractivity contribution in [3.05, 3.63) is 23.8 Å². The van der Waals surface area contributed by atoms with E-state index in [2.05, 4.69) is 10.2 Å². The van der Waals surface area contributed by atoms with E-state index in [9.17, 15) is 9.90 Å². The average Bonchev–Trinajstić information content (AvgIpc) is 2.93. The normalized spacial score (nSPS) is 20.9. The van der Waals surface area contributed by atoms with Crippen molar-refractivity contribution in [1.82, 2.24) is 5.32 Å². The lowest BCUT2D eigenvalue weighted by molar-refractivity contribution is -0.269. The maximum absolute atomic E-state index is 12.5. The molecule has 1 aromatic carbocycles. The number of benzene rings is 1. The minimum absolute atomic E-state index is 0.307. The van der Waals surface area contributed by atoms with Crippen LogP contribution < -0.4 is 10.2 Å². The van der Waals surface area contributed by atoms with Crippen LogP contribution in [0, 0.1) is 0 Å². The molecule has 0 aromatic heterocycles. The van der Waals surface area contributed by atoms with Gasteiger partial charge >= 0.3 is 6.09 Å². The number of amides is 1. The maximum Gasteiger partial charge on any atom is 0.408 e. The molecule has 1 amide bonds. The van der Waals surface area contributed by atoms with Gasteiger partial charge in [0.05, 0.1) is 13.2 Å². The Morgan fingerprint density at radius 2 is 1.96 bits per heavy atom. The van der Waals surface area contributed by atoms with Crippen LogP contribution in [-0.4, -0.2) is 54.4 Å². The molecule has 150 valence electrons. The van der Waals surface area contributed by atoms with Crippen molar-refractivity contribution in [1.29, 1.82) is 0 Å². The number of alkyl carbamates (subject to hydrolysis) is 1. The number of carbonyl (C=O) groups excluding carboxylic acids is 1. The van der Waals surface area contributed by atoms with E-state index in [1.807, 2.05) is 46.8 Å². The van der Waals surface area contributed by atoms with Crippen molar-refractivity contribution < 1.29 is 24.1 Å². The molecular weight excluding hydrogens is 348 g/mol. The number of aromatic hydroxyl groups is 1. The molecule has 0 bridgehead atoms. The van der Waals surface area contributed by atoms with Crippen molar-refractivity contribution in [3.8, 4) is 5.75 Å². The quantitative estimate of drug-likeness (QED) is 0.842. The van der Waals surface area contributed by atoms with E-state index < -0.39 is 23.0 Å². The van der Waals surface area contributed by atoms with Crippen LogP contribution in [-0.2, 0) is 20.6 Å². The van der Waals surface area contributed by atoms with E-state index in [1.54, 1.807) is 6.07 Å². The number of nitrogens with zero attached hydrogens (tertiary/aromatic N) is 1. The number of phenolic OH excluding ortho intramolecular Hbond substituents is 1. The second kappa shape index (κ2) is 6.87. The zero-order valence-corrected chi connectivity index (χ0v) is 16.8. The van der Waals surface area contributed by atoms with Crippen LogP contribution in [0.2, 0.25) is 0 Å². The van der Waals surface area contributed by atoms with Crippen LogP contribution in [0.4, 0.5) is 10.5 Å². The Morgan fingerprint density at radius 1 is 1.30 bits per heavy atom. The van der Waals surface area contributed by atoms with Crippen LogP contribution in [0.5, 0.6) is 5.75 Å². The number of phenols is 1. The molecule has 7 heteroatoms. The van der Waals surface area contributed by atoms with Gasteiger partial charge < -0.3 is 29.5 Å². The number of rotatable bonds is 3. The van der Waals surface area contributed by atoms with E-state index in [4.69, 9.17) is 14.2 Å². The summed E-state index contributed by atoms with van der Waals surface area (Å²) in [5.41, 5.74) is 0.575. The Morgan fingerprint density at radius 3 is 2.59 bits per heavy atom. The fraction of sp³-hybridized carbons (Fsp3) is 0.650. The molecule has 0 aliphatic carbocycles. The number of ether oxygens (including phenoxy) is 3. The van der Waals surface area contributed by atoms with E-state index in [1.165, 1.54) is 0 Å². The summed E-state index contributed by atoms with van der Waals surface area (Å²) in [7, 11) is 0. The van der Waals surface area contributed by atoms with Crippen LogP contribution in [0.1, 0.15) is 40.2 Å². The molecule has 0 saturated carbocycles.